The van der Waals surface area contributed by atoms with E-state index < -0.39 is 0 Å². The van der Waals surface area contributed by atoms with E-state index >= 15 is 0 Å². The summed E-state index contributed by atoms with van der Waals surface area (Å²) in [6.07, 6.45) is 8.76. The Hall–Kier alpha value is -7.53. The molecule has 6 aromatic rings. The fourth-order valence-corrected chi connectivity index (χ4v) is 6.59. The van der Waals surface area contributed by atoms with Crippen molar-refractivity contribution in [2.75, 3.05) is 9.80 Å². The third-order valence-electron chi connectivity index (χ3n) is 8.93. The molecule has 1 aliphatic carbocycles. The Morgan fingerprint density at radius 3 is 1.69 bits per heavy atom. The fourth-order valence-electron chi connectivity index (χ4n) is 6.59. The lowest BCUT2D eigenvalue weighted by Crippen LogP contribution is -2.17. The van der Waals surface area contributed by atoms with Crippen LogP contribution in [0.25, 0.3) is 22.5 Å². The van der Waals surface area contributed by atoms with Crippen LogP contribution >= 0.6 is 0 Å². The first-order chi connectivity index (χ1) is 25.1. The molecule has 0 bridgehead atoms. The Balaban J connectivity index is 1.45. The summed E-state index contributed by atoms with van der Waals surface area (Å²) >= 11 is 0. The van der Waals surface area contributed by atoms with Gasteiger partial charge in [0.1, 0.15) is 5.69 Å². The van der Waals surface area contributed by atoms with Gasteiger partial charge in [-0.3, -0.25) is 0 Å². The second-order valence-electron chi connectivity index (χ2n) is 11.8. The standard InChI is InChI=1S/C44H28N6O/c1-2-4-42(49(35-17-7-30(27-45)8-18-35)36-19-9-31(28-46)10-20-36)39-25-13-33-14-26-43(41-6-3-5-40(39)44(33)41)50(37-21-11-32(29-47)12-22-37)38-23-15-34(48-51)16-24-38/h2-4,6-26H,1,5H2/b42-4+. The number of benzene rings is 6. The van der Waals surface area contributed by atoms with Crippen molar-refractivity contribution < 1.29 is 0 Å². The number of nitrogens with zero attached hydrogens (tertiary/aromatic N) is 6. The molecule has 0 spiro atoms. The van der Waals surface area contributed by atoms with Gasteiger partial charge in [0.2, 0.25) is 0 Å². The predicted octanol–water partition coefficient (Wildman–Crippen LogP) is 11.3. The molecule has 0 saturated heterocycles. The van der Waals surface area contributed by atoms with Crippen LogP contribution in [0.2, 0.25) is 0 Å². The summed E-state index contributed by atoms with van der Waals surface area (Å²) in [7, 11) is 0. The molecule has 7 nitrogen and oxygen atoms in total. The quantitative estimate of drug-likeness (QED) is 0.113. The Kier molecular flexibility index (Phi) is 8.74. The van der Waals surface area contributed by atoms with E-state index in [0.717, 1.165) is 61.6 Å². The minimum Gasteiger partial charge on any atom is -0.310 e. The minimum atomic E-state index is 0.334. The number of nitriles is 3. The molecule has 7 heteroatoms. The Labute approximate surface area is 295 Å². The molecule has 0 atom stereocenters. The summed E-state index contributed by atoms with van der Waals surface area (Å²) in [6, 6.07) is 44.5. The van der Waals surface area contributed by atoms with Gasteiger partial charge in [-0.1, -0.05) is 43.0 Å². The third kappa shape index (κ3) is 6.02. The molecule has 0 aromatic heterocycles. The van der Waals surface area contributed by atoms with E-state index in [2.05, 4.69) is 76.2 Å². The number of rotatable bonds is 9. The summed E-state index contributed by atoms with van der Waals surface area (Å²) in [5.41, 5.74) is 10.4. The van der Waals surface area contributed by atoms with Crippen LogP contribution in [-0.2, 0) is 6.42 Å². The first-order valence-electron chi connectivity index (χ1n) is 16.2. The molecule has 0 fully saturated rings. The maximum absolute atomic E-state index is 11.3. The molecule has 0 amide bonds. The number of hydrogen-bond acceptors (Lipinski definition) is 7. The number of nitroso groups, excluding NO2 is 1. The average molecular weight is 657 g/mol. The molecule has 7 rings (SSSR count). The highest BCUT2D eigenvalue weighted by Crippen LogP contribution is 2.45. The van der Waals surface area contributed by atoms with Crippen molar-refractivity contribution in [3.63, 3.8) is 0 Å². The van der Waals surface area contributed by atoms with Crippen LogP contribution in [0.15, 0.2) is 151 Å². The highest BCUT2D eigenvalue weighted by molar-refractivity contribution is 6.05. The zero-order chi connectivity index (χ0) is 35.3. The molecule has 6 aromatic carbocycles. The first kappa shape index (κ1) is 32.0. The second kappa shape index (κ2) is 13.9. The van der Waals surface area contributed by atoms with E-state index in [9.17, 15) is 20.7 Å². The number of allylic oxidation sites excluding steroid dienone is 3. The lowest BCUT2D eigenvalue weighted by molar-refractivity contribution is 1.22. The van der Waals surface area contributed by atoms with Crippen molar-refractivity contribution in [1.82, 2.24) is 0 Å². The van der Waals surface area contributed by atoms with E-state index in [1.165, 1.54) is 0 Å². The molecular weight excluding hydrogens is 629 g/mol. The van der Waals surface area contributed by atoms with Gasteiger partial charge in [-0.25, -0.2) is 0 Å². The van der Waals surface area contributed by atoms with Gasteiger partial charge in [-0.05, 0) is 137 Å². The van der Waals surface area contributed by atoms with Crippen molar-refractivity contribution in [2.45, 2.75) is 6.42 Å². The van der Waals surface area contributed by atoms with Crippen LogP contribution in [0.1, 0.15) is 33.4 Å². The summed E-state index contributed by atoms with van der Waals surface area (Å²) in [5.74, 6) is 0. The highest BCUT2D eigenvalue weighted by Gasteiger charge is 2.25. The van der Waals surface area contributed by atoms with Crippen molar-refractivity contribution in [3.8, 4) is 18.2 Å². The van der Waals surface area contributed by atoms with Crippen LogP contribution in [0.4, 0.5) is 34.1 Å². The largest absolute Gasteiger partial charge is 0.310 e. The minimum absolute atomic E-state index is 0.334. The third-order valence-corrected chi connectivity index (χ3v) is 8.93. The zero-order valence-corrected chi connectivity index (χ0v) is 27.4. The number of anilines is 5. The molecule has 1 aliphatic rings. The normalized spacial score (nSPS) is 11.6. The van der Waals surface area contributed by atoms with E-state index in [1.807, 2.05) is 54.6 Å². The number of hydrogen-bond donors (Lipinski definition) is 0. The lowest BCUT2D eigenvalue weighted by atomic mass is 9.86. The molecule has 0 aliphatic heterocycles. The van der Waals surface area contributed by atoms with Crippen LogP contribution in [0, 0.1) is 38.9 Å². The van der Waals surface area contributed by atoms with Crippen molar-refractivity contribution in [2.24, 2.45) is 5.18 Å². The highest BCUT2D eigenvalue weighted by atomic mass is 16.3. The molecule has 240 valence electrons. The summed E-state index contributed by atoms with van der Waals surface area (Å²) in [5, 5.41) is 33.8. The molecule has 51 heavy (non-hydrogen) atoms. The van der Waals surface area contributed by atoms with Gasteiger partial charge in [-0.2, -0.15) is 15.8 Å². The van der Waals surface area contributed by atoms with Crippen LogP contribution < -0.4 is 9.80 Å². The molecule has 0 unspecified atom stereocenters. The van der Waals surface area contributed by atoms with Crippen LogP contribution in [0.3, 0.4) is 0 Å². The van der Waals surface area contributed by atoms with Crippen molar-refractivity contribution in [1.29, 1.82) is 15.8 Å². The van der Waals surface area contributed by atoms with Crippen LogP contribution in [-0.4, -0.2) is 0 Å². The van der Waals surface area contributed by atoms with Crippen molar-refractivity contribution in [3.05, 3.63) is 184 Å². The lowest BCUT2D eigenvalue weighted by Gasteiger charge is -2.32. The maximum atomic E-state index is 11.3. The molecule has 0 radical (unpaired) electrons. The topological polar surface area (TPSA) is 107 Å². The van der Waals surface area contributed by atoms with Gasteiger partial charge in [-0.15, -0.1) is 4.91 Å². The van der Waals surface area contributed by atoms with E-state index in [0.29, 0.717) is 28.8 Å². The summed E-state index contributed by atoms with van der Waals surface area (Å²) in [4.78, 5) is 15.5. The average Bonchev–Trinajstić information content (AvgIpc) is 3.20. The van der Waals surface area contributed by atoms with Gasteiger partial charge in [0.25, 0.3) is 0 Å². The van der Waals surface area contributed by atoms with Gasteiger partial charge in [0.15, 0.2) is 0 Å². The van der Waals surface area contributed by atoms with Gasteiger partial charge in [0, 0.05) is 33.9 Å². The van der Waals surface area contributed by atoms with Gasteiger partial charge < -0.3 is 9.80 Å². The van der Waals surface area contributed by atoms with Crippen molar-refractivity contribution >= 4 is 56.7 Å². The second-order valence-corrected chi connectivity index (χ2v) is 11.8. The van der Waals surface area contributed by atoms with Gasteiger partial charge >= 0.3 is 0 Å². The fraction of sp³-hybridized carbons (Fsp3) is 0.0227. The zero-order valence-electron chi connectivity index (χ0n) is 27.4. The van der Waals surface area contributed by atoms with E-state index in [4.69, 9.17) is 0 Å². The summed E-state index contributed by atoms with van der Waals surface area (Å²) in [6.45, 7) is 4.07. The monoisotopic (exact) mass is 656 g/mol. The van der Waals surface area contributed by atoms with E-state index in [-0.39, 0.29) is 0 Å². The molecule has 0 heterocycles. The molecular formula is C44H28N6O. The predicted molar refractivity (Wildman–Crippen MR) is 204 cm³/mol. The molecule has 0 N–H and O–H groups in total. The van der Waals surface area contributed by atoms with Gasteiger partial charge in [0.05, 0.1) is 46.3 Å². The van der Waals surface area contributed by atoms with Crippen LogP contribution in [0.5, 0.6) is 0 Å². The molecule has 0 saturated carbocycles. The van der Waals surface area contributed by atoms with E-state index in [1.54, 1.807) is 54.6 Å². The Morgan fingerprint density at radius 1 is 0.667 bits per heavy atom. The SMILES string of the molecule is C=C/C=C(\c1ccc2ccc(N(c3ccc(C#N)cc3)c3ccc(N=O)cc3)c3c2c1CC=C3)N(c1ccc(C#N)cc1)c1ccc(C#N)cc1. The smallest absolute Gasteiger partial charge is 0.108 e. The summed E-state index contributed by atoms with van der Waals surface area (Å²) < 4.78 is 0. The Morgan fingerprint density at radius 2 is 1.18 bits per heavy atom. The Bertz CT molecular complexity index is 2430. The first-order valence-corrected chi connectivity index (χ1v) is 16.2. The maximum Gasteiger partial charge on any atom is 0.108 e.